The molecule has 0 saturated carbocycles. The number of benzene rings is 2. The van der Waals surface area contributed by atoms with Crippen molar-refractivity contribution >= 4 is 17.6 Å². The Morgan fingerprint density at radius 3 is 2.76 bits per heavy atom. The first kappa shape index (κ1) is 14.8. The molecule has 0 unspecified atom stereocenters. The topological polar surface area (TPSA) is 70.3 Å². The van der Waals surface area contributed by atoms with Gasteiger partial charge in [-0.15, -0.1) is 0 Å². The molecule has 0 aliphatic carbocycles. The van der Waals surface area contributed by atoms with Crippen molar-refractivity contribution in [1.82, 2.24) is 0 Å². The van der Waals surface area contributed by atoms with E-state index >= 15 is 0 Å². The minimum atomic E-state index is -1.17. The number of rotatable bonds is 4. The summed E-state index contributed by atoms with van der Waals surface area (Å²) in [6, 6.07) is 9.83. The lowest BCUT2D eigenvalue weighted by Gasteiger charge is -2.10. The highest BCUT2D eigenvalue weighted by Gasteiger charge is 2.13. The van der Waals surface area contributed by atoms with Crippen LogP contribution in [0.1, 0.15) is 21.5 Å². The van der Waals surface area contributed by atoms with Crippen molar-refractivity contribution in [2.24, 2.45) is 0 Å². The smallest absolute Gasteiger partial charge is 0.339 e. The molecule has 0 aliphatic rings. The third kappa shape index (κ3) is 3.50. The average Bonchev–Trinajstić information content (AvgIpc) is 2.46. The van der Waals surface area contributed by atoms with Crippen molar-refractivity contribution in [1.29, 1.82) is 5.26 Å². The molecule has 0 saturated heterocycles. The first-order valence-corrected chi connectivity index (χ1v) is 6.23. The lowest BCUT2D eigenvalue weighted by atomic mass is 10.1. The van der Waals surface area contributed by atoms with E-state index in [9.17, 15) is 9.18 Å². The molecule has 0 fully saturated rings. The second-order valence-electron chi connectivity index (χ2n) is 4.15. The van der Waals surface area contributed by atoms with Crippen LogP contribution in [0.5, 0.6) is 5.75 Å². The number of nitriles is 1. The molecular formula is C15H9ClFNO3. The van der Waals surface area contributed by atoms with Crippen LogP contribution in [0.4, 0.5) is 4.39 Å². The van der Waals surface area contributed by atoms with Gasteiger partial charge in [0.15, 0.2) is 0 Å². The summed E-state index contributed by atoms with van der Waals surface area (Å²) in [6.45, 7) is -0.206. The van der Waals surface area contributed by atoms with Crippen LogP contribution in [0.3, 0.4) is 0 Å². The molecule has 0 atom stereocenters. The Kier molecular flexibility index (Phi) is 4.41. The van der Waals surface area contributed by atoms with Gasteiger partial charge in [0.2, 0.25) is 0 Å². The molecular weight excluding hydrogens is 297 g/mol. The molecule has 0 amide bonds. The molecule has 0 radical (unpaired) electrons. The molecule has 4 nitrogen and oxygen atoms in total. The van der Waals surface area contributed by atoms with Crippen LogP contribution in [-0.2, 0) is 6.61 Å². The Balaban J connectivity index is 2.26. The molecule has 21 heavy (non-hydrogen) atoms. The van der Waals surface area contributed by atoms with Crippen LogP contribution < -0.4 is 4.74 Å². The zero-order valence-electron chi connectivity index (χ0n) is 10.6. The highest BCUT2D eigenvalue weighted by atomic mass is 35.5. The fourth-order valence-corrected chi connectivity index (χ4v) is 1.86. The quantitative estimate of drug-likeness (QED) is 0.936. The molecule has 0 aliphatic heterocycles. The Morgan fingerprint density at radius 1 is 1.33 bits per heavy atom. The summed E-state index contributed by atoms with van der Waals surface area (Å²) in [5.41, 5.74) is 0.376. The van der Waals surface area contributed by atoms with E-state index in [4.69, 9.17) is 26.7 Å². The van der Waals surface area contributed by atoms with Crippen LogP contribution in [-0.4, -0.2) is 11.1 Å². The summed E-state index contributed by atoms with van der Waals surface area (Å²) in [4.78, 5) is 11.1. The summed E-state index contributed by atoms with van der Waals surface area (Å²) in [5.74, 6) is -1.67. The van der Waals surface area contributed by atoms with Gasteiger partial charge in [-0.3, -0.25) is 0 Å². The maximum absolute atomic E-state index is 13.6. The van der Waals surface area contributed by atoms with E-state index < -0.39 is 11.8 Å². The van der Waals surface area contributed by atoms with Crippen molar-refractivity contribution in [2.45, 2.75) is 6.61 Å². The normalized spacial score (nSPS) is 9.95. The lowest BCUT2D eigenvalue weighted by Crippen LogP contribution is -2.04. The minimum absolute atomic E-state index is 0.0387. The van der Waals surface area contributed by atoms with Gasteiger partial charge < -0.3 is 9.84 Å². The first-order chi connectivity index (χ1) is 10.0. The molecule has 106 valence electrons. The van der Waals surface area contributed by atoms with Crippen LogP contribution in [0.25, 0.3) is 0 Å². The number of hydrogen-bond acceptors (Lipinski definition) is 3. The number of carboxylic acids is 1. The Bertz CT molecular complexity index is 740. The van der Waals surface area contributed by atoms with Gasteiger partial charge in [0, 0.05) is 10.6 Å². The molecule has 2 aromatic carbocycles. The van der Waals surface area contributed by atoms with Gasteiger partial charge in [-0.25, -0.2) is 9.18 Å². The zero-order valence-corrected chi connectivity index (χ0v) is 11.4. The molecule has 0 bridgehead atoms. The zero-order chi connectivity index (χ0) is 15.4. The summed E-state index contributed by atoms with van der Waals surface area (Å²) < 4.78 is 18.9. The summed E-state index contributed by atoms with van der Waals surface area (Å²) in [7, 11) is 0. The second kappa shape index (κ2) is 6.25. The second-order valence-corrected chi connectivity index (χ2v) is 4.59. The van der Waals surface area contributed by atoms with E-state index in [1.165, 1.54) is 30.3 Å². The Labute approximate surface area is 125 Å². The van der Waals surface area contributed by atoms with Crippen molar-refractivity contribution < 1.29 is 19.0 Å². The number of carbonyl (C=O) groups is 1. The minimum Gasteiger partial charge on any atom is -0.488 e. The fourth-order valence-electron chi connectivity index (χ4n) is 1.70. The van der Waals surface area contributed by atoms with Crippen molar-refractivity contribution in [3.63, 3.8) is 0 Å². The number of hydrogen-bond donors (Lipinski definition) is 1. The van der Waals surface area contributed by atoms with Gasteiger partial charge in [-0.1, -0.05) is 11.6 Å². The number of halogens is 2. The summed E-state index contributed by atoms with van der Waals surface area (Å²) in [6.07, 6.45) is 0. The number of aromatic carboxylic acids is 1. The van der Waals surface area contributed by atoms with E-state index in [0.717, 1.165) is 6.07 Å². The van der Waals surface area contributed by atoms with Gasteiger partial charge in [0.1, 0.15) is 23.7 Å². The molecule has 0 spiro atoms. The molecule has 2 aromatic rings. The van der Waals surface area contributed by atoms with E-state index in [1.807, 2.05) is 6.07 Å². The number of nitrogens with zero attached hydrogens (tertiary/aromatic N) is 1. The average molecular weight is 306 g/mol. The molecule has 0 aromatic heterocycles. The molecule has 2 rings (SSSR count). The maximum Gasteiger partial charge on any atom is 0.339 e. The lowest BCUT2D eigenvalue weighted by molar-refractivity contribution is 0.0691. The monoisotopic (exact) mass is 305 g/mol. The highest BCUT2D eigenvalue weighted by molar-refractivity contribution is 6.30. The van der Waals surface area contributed by atoms with Gasteiger partial charge >= 0.3 is 5.97 Å². The van der Waals surface area contributed by atoms with E-state index in [2.05, 4.69) is 0 Å². The van der Waals surface area contributed by atoms with Gasteiger partial charge in [0.05, 0.1) is 11.6 Å². The van der Waals surface area contributed by atoms with Crippen LogP contribution in [0, 0.1) is 17.1 Å². The van der Waals surface area contributed by atoms with Gasteiger partial charge in [-0.05, 0) is 36.4 Å². The van der Waals surface area contributed by atoms with Crippen LogP contribution >= 0.6 is 11.6 Å². The Hall–Kier alpha value is -2.58. The van der Waals surface area contributed by atoms with E-state index in [1.54, 1.807) is 0 Å². The van der Waals surface area contributed by atoms with Crippen molar-refractivity contribution in [3.8, 4) is 11.8 Å². The summed E-state index contributed by atoms with van der Waals surface area (Å²) >= 11 is 5.79. The van der Waals surface area contributed by atoms with Crippen LogP contribution in [0.2, 0.25) is 5.02 Å². The Morgan fingerprint density at radius 2 is 2.10 bits per heavy atom. The third-order valence-corrected chi connectivity index (χ3v) is 2.97. The first-order valence-electron chi connectivity index (χ1n) is 5.85. The predicted octanol–water partition coefficient (Wildman–Crippen LogP) is 3.63. The van der Waals surface area contributed by atoms with Gasteiger partial charge in [-0.2, -0.15) is 5.26 Å². The van der Waals surface area contributed by atoms with E-state index in [0.29, 0.717) is 10.6 Å². The third-order valence-electron chi connectivity index (χ3n) is 2.73. The number of ether oxygens (including phenoxy) is 1. The molecule has 0 heterocycles. The van der Waals surface area contributed by atoms with Crippen LogP contribution in [0.15, 0.2) is 36.4 Å². The van der Waals surface area contributed by atoms with Gasteiger partial charge in [0.25, 0.3) is 0 Å². The SMILES string of the molecule is N#Cc1ccc(F)c(COc2cc(Cl)ccc2C(=O)O)c1. The summed E-state index contributed by atoms with van der Waals surface area (Å²) in [5, 5.41) is 18.1. The standard InChI is InChI=1S/C15H9ClFNO3/c16-11-2-3-12(15(19)20)14(6-11)21-8-10-5-9(7-18)1-4-13(10)17/h1-6H,8H2,(H,19,20). The molecule has 1 N–H and O–H groups in total. The number of carboxylic acid groups (broad SMARTS) is 1. The van der Waals surface area contributed by atoms with E-state index in [-0.39, 0.29) is 23.5 Å². The largest absolute Gasteiger partial charge is 0.488 e. The highest BCUT2D eigenvalue weighted by Crippen LogP contribution is 2.25. The maximum atomic E-state index is 13.6. The fraction of sp³-hybridized carbons (Fsp3) is 0.0667. The van der Waals surface area contributed by atoms with Crippen molar-refractivity contribution in [2.75, 3.05) is 0 Å². The van der Waals surface area contributed by atoms with Crippen molar-refractivity contribution in [3.05, 3.63) is 63.9 Å². The molecule has 6 heteroatoms. The predicted molar refractivity (Wildman–Crippen MR) is 73.9 cm³/mol.